The standard InChI is InChI=1S/C12H16F3N3/c13-12(14,15)8-18(11-3-4-11)7-10-2-1-9(5-16)6-17-10/h1-2,6,11H,3-5,7-8,16H2. The maximum atomic E-state index is 12.4. The number of hydrogen-bond donors (Lipinski definition) is 1. The molecular weight excluding hydrogens is 243 g/mol. The van der Waals surface area contributed by atoms with Gasteiger partial charge in [-0.25, -0.2) is 0 Å². The predicted molar refractivity (Wildman–Crippen MR) is 61.6 cm³/mol. The molecule has 0 unspecified atom stereocenters. The van der Waals surface area contributed by atoms with Gasteiger partial charge >= 0.3 is 6.18 Å². The summed E-state index contributed by atoms with van der Waals surface area (Å²) < 4.78 is 37.3. The van der Waals surface area contributed by atoms with Crippen molar-refractivity contribution in [2.75, 3.05) is 6.54 Å². The van der Waals surface area contributed by atoms with E-state index in [0.717, 1.165) is 18.4 Å². The first-order valence-electron chi connectivity index (χ1n) is 5.92. The molecule has 1 fully saturated rings. The Labute approximate surface area is 104 Å². The van der Waals surface area contributed by atoms with Crippen LogP contribution in [0.2, 0.25) is 0 Å². The molecule has 0 bridgehead atoms. The van der Waals surface area contributed by atoms with Gasteiger partial charge in [0.25, 0.3) is 0 Å². The summed E-state index contributed by atoms with van der Waals surface area (Å²) in [5.41, 5.74) is 6.98. The molecule has 0 saturated heterocycles. The Balaban J connectivity index is 1.99. The van der Waals surface area contributed by atoms with Crippen LogP contribution in [0.25, 0.3) is 0 Å². The summed E-state index contributed by atoms with van der Waals surface area (Å²) in [6.45, 7) is -0.227. The number of nitrogens with two attached hydrogens (primary N) is 1. The molecule has 3 nitrogen and oxygen atoms in total. The van der Waals surface area contributed by atoms with Crippen molar-refractivity contribution in [3.05, 3.63) is 29.6 Å². The monoisotopic (exact) mass is 259 g/mol. The first-order chi connectivity index (χ1) is 8.48. The van der Waals surface area contributed by atoms with E-state index in [1.54, 1.807) is 18.3 Å². The molecule has 6 heteroatoms. The zero-order valence-electron chi connectivity index (χ0n) is 9.95. The summed E-state index contributed by atoms with van der Waals surface area (Å²) in [5, 5.41) is 0. The fourth-order valence-corrected chi connectivity index (χ4v) is 1.86. The SMILES string of the molecule is NCc1ccc(CN(CC(F)(F)F)C2CC2)nc1. The second-order valence-corrected chi connectivity index (χ2v) is 4.61. The molecule has 0 aromatic carbocycles. The summed E-state index contributed by atoms with van der Waals surface area (Å²) in [5.74, 6) is 0. The van der Waals surface area contributed by atoms with Crippen molar-refractivity contribution in [2.24, 2.45) is 5.73 Å². The van der Waals surface area contributed by atoms with Crippen molar-refractivity contribution in [3.63, 3.8) is 0 Å². The van der Waals surface area contributed by atoms with Gasteiger partial charge in [-0.2, -0.15) is 13.2 Å². The highest BCUT2D eigenvalue weighted by molar-refractivity contribution is 5.14. The summed E-state index contributed by atoms with van der Waals surface area (Å²) in [6, 6.07) is 3.61. The molecule has 1 saturated carbocycles. The molecule has 1 aliphatic rings. The summed E-state index contributed by atoms with van der Waals surface area (Å²) >= 11 is 0. The van der Waals surface area contributed by atoms with E-state index in [9.17, 15) is 13.2 Å². The van der Waals surface area contributed by atoms with E-state index in [2.05, 4.69) is 4.98 Å². The Morgan fingerprint density at radius 1 is 1.33 bits per heavy atom. The lowest BCUT2D eigenvalue weighted by atomic mass is 10.2. The average Bonchev–Trinajstić information content (AvgIpc) is 3.11. The number of pyridine rings is 1. The van der Waals surface area contributed by atoms with Gasteiger partial charge in [0, 0.05) is 25.3 Å². The van der Waals surface area contributed by atoms with Crippen LogP contribution in [0.5, 0.6) is 0 Å². The highest BCUT2D eigenvalue weighted by Gasteiger charge is 2.38. The van der Waals surface area contributed by atoms with E-state index in [1.807, 2.05) is 0 Å². The summed E-state index contributed by atoms with van der Waals surface area (Å²) in [4.78, 5) is 5.59. The maximum absolute atomic E-state index is 12.4. The number of rotatable bonds is 5. The van der Waals surface area contributed by atoms with Gasteiger partial charge < -0.3 is 5.73 Å². The third-order valence-corrected chi connectivity index (χ3v) is 2.93. The van der Waals surface area contributed by atoms with Gasteiger partial charge in [0.15, 0.2) is 0 Å². The van der Waals surface area contributed by atoms with Gasteiger partial charge in [-0.3, -0.25) is 9.88 Å². The van der Waals surface area contributed by atoms with Gasteiger partial charge in [0.2, 0.25) is 0 Å². The van der Waals surface area contributed by atoms with Crippen molar-refractivity contribution in [1.29, 1.82) is 0 Å². The Kier molecular flexibility index (Phi) is 3.87. The first kappa shape index (κ1) is 13.3. The fraction of sp³-hybridized carbons (Fsp3) is 0.583. The van der Waals surface area contributed by atoms with Crippen LogP contribution in [-0.4, -0.2) is 28.6 Å². The van der Waals surface area contributed by atoms with Crippen molar-refractivity contribution >= 4 is 0 Å². The molecule has 1 aliphatic carbocycles. The molecule has 0 spiro atoms. The first-order valence-corrected chi connectivity index (χ1v) is 5.92. The molecule has 0 aliphatic heterocycles. The third kappa shape index (κ3) is 3.96. The zero-order valence-corrected chi connectivity index (χ0v) is 9.95. The number of aromatic nitrogens is 1. The van der Waals surface area contributed by atoms with Crippen LogP contribution in [0.3, 0.4) is 0 Å². The van der Waals surface area contributed by atoms with Crippen LogP contribution in [-0.2, 0) is 13.1 Å². The number of nitrogens with zero attached hydrogens (tertiary/aromatic N) is 2. The van der Waals surface area contributed by atoms with Crippen LogP contribution in [0.15, 0.2) is 18.3 Å². The normalized spacial score (nSPS) is 16.3. The largest absolute Gasteiger partial charge is 0.401 e. The Morgan fingerprint density at radius 2 is 2.06 bits per heavy atom. The molecular formula is C12H16F3N3. The summed E-state index contributed by atoms with van der Waals surface area (Å²) in [6.07, 6.45) is -0.846. The average molecular weight is 259 g/mol. The van der Waals surface area contributed by atoms with Crippen LogP contribution in [0.4, 0.5) is 13.2 Å². The van der Waals surface area contributed by atoms with Crippen LogP contribution < -0.4 is 5.73 Å². The quantitative estimate of drug-likeness (QED) is 0.880. The van der Waals surface area contributed by atoms with E-state index >= 15 is 0 Å². The highest BCUT2D eigenvalue weighted by Crippen LogP contribution is 2.31. The Bertz CT molecular complexity index is 385. The van der Waals surface area contributed by atoms with Crippen LogP contribution in [0, 0.1) is 0 Å². The van der Waals surface area contributed by atoms with Crippen molar-refractivity contribution in [2.45, 2.75) is 38.1 Å². The molecule has 0 radical (unpaired) electrons. The lowest BCUT2D eigenvalue weighted by Crippen LogP contribution is -2.35. The second-order valence-electron chi connectivity index (χ2n) is 4.61. The lowest BCUT2D eigenvalue weighted by molar-refractivity contribution is -0.148. The van der Waals surface area contributed by atoms with E-state index < -0.39 is 12.7 Å². The van der Waals surface area contributed by atoms with E-state index in [4.69, 9.17) is 5.73 Å². The van der Waals surface area contributed by atoms with E-state index in [-0.39, 0.29) is 12.6 Å². The van der Waals surface area contributed by atoms with Crippen LogP contribution >= 0.6 is 0 Å². The fourth-order valence-electron chi connectivity index (χ4n) is 1.86. The molecule has 2 N–H and O–H groups in total. The van der Waals surface area contributed by atoms with Gasteiger partial charge in [-0.15, -0.1) is 0 Å². The minimum absolute atomic E-state index is 0.0580. The van der Waals surface area contributed by atoms with Gasteiger partial charge in [0.05, 0.1) is 12.2 Å². The molecule has 0 amide bonds. The van der Waals surface area contributed by atoms with Crippen molar-refractivity contribution in [1.82, 2.24) is 9.88 Å². The predicted octanol–water partition coefficient (Wildman–Crippen LogP) is 2.07. The number of halogens is 3. The molecule has 1 heterocycles. The molecule has 1 aromatic rings. The molecule has 1 aromatic heterocycles. The minimum atomic E-state index is -4.15. The molecule has 0 atom stereocenters. The smallest absolute Gasteiger partial charge is 0.326 e. The maximum Gasteiger partial charge on any atom is 0.401 e. The van der Waals surface area contributed by atoms with Gasteiger partial charge in [0.1, 0.15) is 0 Å². The van der Waals surface area contributed by atoms with Crippen molar-refractivity contribution in [3.8, 4) is 0 Å². The Morgan fingerprint density at radius 3 is 2.50 bits per heavy atom. The van der Waals surface area contributed by atoms with E-state index in [1.165, 1.54) is 4.90 Å². The molecule has 2 rings (SSSR count). The summed E-state index contributed by atoms with van der Waals surface area (Å²) in [7, 11) is 0. The van der Waals surface area contributed by atoms with Gasteiger partial charge in [-0.05, 0) is 24.5 Å². The minimum Gasteiger partial charge on any atom is -0.326 e. The van der Waals surface area contributed by atoms with Crippen molar-refractivity contribution < 1.29 is 13.2 Å². The number of hydrogen-bond acceptors (Lipinski definition) is 3. The van der Waals surface area contributed by atoms with E-state index in [0.29, 0.717) is 12.2 Å². The Hall–Kier alpha value is -1.14. The molecule has 100 valence electrons. The van der Waals surface area contributed by atoms with Gasteiger partial charge in [-0.1, -0.05) is 6.07 Å². The van der Waals surface area contributed by atoms with Crippen LogP contribution in [0.1, 0.15) is 24.1 Å². The molecule has 18 heavy (non-hydrogen) atoms. The highest BCUT2D eigenvalue weighted by atomic mass is 19.4. The third-order valence-electron chi connectivity index (χ3n) is 2.93. The topological polar surface area (TPSA) is 42.1 Å². The second kappa shape index (κ2) is 5.24. The number of alkyl halides is 3. The lowest BCUT2D eigenvalue weighted by Gasteiger charge is -2.22. The zero-order chi connectivity index (χ0) is 13.2.